The molecule has 19 heavy (non-hydrogen) atoms. The van der Waals surface area contributed by atoms with E-state index in [-0.39, 0.29) is 6.10 Å². The lowest BCUT2D eigenvalue weighted by Crippen LogP contribution is -2.47. The molecular formula is C17H31NO. The lowest BCUT2D eigenvalue weighted by molar-refractivity contribution is 0.0639. The summed E-state index contributed by atoms with van der Waals surface area (Å²) in [5.74, 6) is 0. The van der Waals surface area contributed by atoms with Crippen molar-refractivity contribution in [2.24, 2.45) is 0 Å². The van der Waals surface area contributed by atoms with Crippen molar-refractivity contribution >= 4 is 0 Å². The molecule has 0 radical (unpaired) electrons. The number of hydrogen-bond acceptors (Lipinski definition) is 2. The molecule has 2 heterocycles. The summed E-state index contributed by atoms with van der Waals surface area (Å²) in [6.07, 6.45) is 14.8. The number of fused-ring (bicyclic) bond motifs is 1. The van der Waals surface area contributed by atoms with Gasteiger partial charge in [-0.05, 0) is 64.7 Å². The van der Waals surface area contributed by atoms with Crippen LogP contribution < -0.4 is 0 Å². The number of allylic oxidation sites excluding steroid dienone is 1. The Morgan fingerprint density at radius 2 is 2.00 bits per heavy atom. The number of aliphatic hydroxyl groups excluding tert-OH is 1. The first kappa shape index (κ1) is 15.1. The molecule has 2 nitrogen and oxygen atoms in total. The van der Waals surface area contributed by atoms with Crippen LogP contribution in [0.1, 0.15) is 71.1 Å². The molecule has 4 unspecified atom stereocenters. The molecule has 0 aliphatic carbocycles. The largest absolute Gasteiger partial charge is 0.393 e. The summed E-state index contributed by atoms with van der Waals surface area (Å²) in [6, 6.07) is 2.40. The number of piperidine rings is 1. The van der Waals surface area contributed by atoms with E-state index in [1.807, 2.05) is 6.92 Å². The Morgan fingerprint density at radius 3 is 2.74 bits per heavy atom. The van der Waals surface area contributed by atoms with Gasteiger partial charge in [-0.3, -0.25) is 4.90 Å². The highest BCUT2D eigenvalue weighted by atomic mass is 16.3. The van der Waals surface area contributed by atoms with E-state index >= 15 is 0 Å². The first-order valence-corrected chi connectivity index (χ1v) is 8.28. The van der Waals surface area contributed by atoms with Gasteiger partial charge in [-0.2, -0.15) is 0 Å². The Labute approximate surface area is 118 Å². The van der Waals surface area contributed by atoms with Gasteiger partial charge in [-0.25, -0.2) is 0 Å². The van der Waals surface area contributed by atoms with Gasteiger partial charge in [0.05, 0.1) is 6.10 Å². The van der Waals surface area contributed by atoms with E-state index in [1.54, 1.807) is 0 Å². The van der Waals surface area contributed by atoms with Crippen LogP contribution in [0.15, 0.2) is 12.7 Å². The number of unbranched alkanes of at least 4 members (excludes halogenated alkanes) is 1. The van der Waals surface area contributed by atoms with Crippen molar-refractivity contribution in [3.8, 4) is 0 Å². The minimum absolute atomic E-state index is 0.136. The Morgan fingerprint density at radius 1 is 1.21 bits per heavy atom. The second-order valence-corrected chi connectivity index (χ2v) is 6.56. The van der Waals surface area contributed by atoms with Crippen LogP contribution in [0.5, 0.6) is 0 Å². The predicted octanol–water partition coefficient (Wildman–Crippen LogP) is 3.89. The van der Waals surface area contributed by atoms with Crippen molar-refractivity contribution in [3.05, 3.63) is 12.7 Å². The molecule has 0 aromatic carbocycles. The van der Waals surface area contributed by atoms with E-state index in [2.05, 4.69) is 17.6 Å². The molecule has 2 heteroatoms. The lowest BCUT2D eigenvalue weighted by Gasteiger charge is -2.42. The van der Waals surface area contributed by atoms with Gasteiger partial charge < -0.3 is 5.11 Å². The molecule has 1 N–H and O–H groups in total. The van der Waals surface area contributed by atoms with Gasteiger partial charge in [0.25, 0.3) is 0 Å². The van der Waals surface area contributed by atoms with Gasteiger partial charge in [0.1, 0.15) is 0 Å². The Kier molecular flexibility index (Phi) is 5.90. The van der Waals surface area contributed by atoms with Crippen LogP contribution in [-0.4, -0.2) is 34.2 Å². The molecule has 2 saturated heterocycles. The second kappa shape index (κ2) is 7.44. The highest BCUT2D eigenvalue weighted by molar-refractivity contribution is 4.95. The van der Waals surface area contributed by atoms with Crippen molar-refractivity contribution in [2.45, 2.75) is 95.4 Å². The zero-order valence-corrected chi connectivity index (χ0v) is 12.6. The van der Waals surface area contributed by atoms with Crippen LogP contribution in [0, 0.1) is 0 Å². The van der Waals surface area contributed by atoms with Crippen LogP contribution in [0.25, 0.3) is 0 Å². The molecule has 0 bridgehead atoms. The van der Waals surface area contributed by atoms with Gasteiger partial charge in [-0.15, -0.1) is 6.58 Å². The minimum Gasteiger partial charge on any atom is -0.393 e. The lowest BCUT2D eigenvalue weighted by atomic mass is 9.92. The molecule has 0 spiro atoms. The second-order valence-electron chi connectivity index (χ2n) is 6.56. The molecule has 110 valence electrons. The molecule has 2 aliphatic rings. The van der Waals surface area contributed by atoms with Crippen molar-refractivity contribution in [1.82, 2.24) is 4.90 Å². The fourth-order valence-corrected chi connectivity index (χ4v) is 4.13. The maximum absolute atomic E-state index is 9.52. The normalized spacial score (nSPS) is 33.1. The van der Waals surface area contributed by atoms with Gasteiger partial charge in [0, 0.05) is 18.1 Å². The smallest absolute Gasteiger partial charge is 0.0512 e. The molecule has 2 fully saturated rings. The third kappa shape index (κ3) is 4.06. The van der Waals surface area contributed by atoms with Gasteiger partial charge in [-0.1, -0.05) is 12.5 Å². The third-order valence-corrected chi connectivity index (χ3v) is 5.04. The topological polar surface area (TPSA) is 23.5 Å². The zero-order chi connectivity index (χ0) is 13.7. The fraction of sp³-hybridized carbons (Fsp3) is 0.882. The highest BCUT2D eigenvalue weighted by Gasteiger charge is 2.39. The molecule has 2 rings (SSSR count). The van der Waals surface area contributed by atoms with Crippen LogP contribution in [0.2, 0.25) is 0 Å². The third-order valence-electron chi connectivity index (χ3n) is 5.04. The first-order chi connectivity index (χ1) is 9.22. The average Bonchev–Trinajstić information content (AvgIpc) is 2.81. The van der Waals surface area contributed by atoms with E-state index in [0.717, 1.165) is 31.0 Å². The summed E-state index contributed by atoms with van der Waals surface area (Å²) >= 11 is 0. The molecule has 0 saturated carbocycles. The molecule has 0 aromatic heterocycles. The monoisotopic (exact) mass is 265 g/mol. The van der Waals surface area contributed by atoms with Crippen LogP contribution >= 0.6 is 0 Å². The molecule has 4 atom stereocenters. The fourth-order valence-electron chi connectivity index (χ4n) is 4.13. The molecule has 0 aromatic rings. The first-order valence-electron chi connectivity index (χ1n) is 8.28. The van der Waals surface area contributed by atoms with Crippen molar-refractivity contribution < 1.29 is 5.11 Å². The number of aliphatic hydroxyl groups is 1. The Hall–Kier alpha value is -0.340. The van der Waals surface area contributed by atoms with E-state index in [9.17, 15) is 5.11 Å². The summed E-state index contributed by atoms with van der Waals surface area (Å²) in [6.45, 7) is 5.75. The summed E-state index contributed by atoms with van der Waals surface area (Å²) in [4.78, 5) is 2.84. The molecule has 0 amide bonds. The van der Waals surface area contributed by atoms with Crippen LogP contribution in [-0.2, 0) is 0 Å². The van der Waals surface area contributed by atoms with Gasteiger partial charge >= 0.3 is 0 Å². The summed E-state index contributed by atoms with van der Waals surface area (Å²) in [5.41, 5.74) is 0. The van der Waals surface area contributed by atoms with Gasteiger partial charge in [0.2, 0.25) is 0 Å². The van der Waals surface area contributed by atoms with Crippen molar-refractivity contribution in [3.63, 3.8) is 0 Å². The molecule has 2 aliphatic heterocycles. The van der Waals surface area contributed by atoms with E-state index < -0.39 is 0 Å². The van der Waals surface area contributed by atoms with Crippen molar-refractivity contribution in [2.75, 3.05) is 0 Å². The number of nitrogens with zero attached hydrogens (tertiary/aromatic N) is 1. The molecular weight excluding hydrogens is 234 g/mol. The summed E-state index contributed by atoms with van der Waals surface area (Å²) in [7, 11) is 0. The van der Waals surface area contributed by atoms with E-state index in [1.165, 1.54) is 51.4 Å². The summed E-state index contributed by atoms with van der Waals surface area (Å²) < 4.78 is 0. The highest BCUT2D eigenvalue weighted by Crippen LogP contribution is 2.38. The number of hydrogen-bond donors (Lipinski definition) is 1. The van der Waals surface area contributed by atoms with E-state index in [0.29, 0.717) is 0 Å². The van der Waals surface area contributed by atoms with Crippen LogP contribution in [0.4, 0.5) is 0 Å². The summed E-state index contributed by atoms with van der Waals surface area (Å²) in [5, 5.41) is 9.52. The van der Waals surface area contributed by atoms with E-state index in [4.69, 9.17) is 0 Å². The average molecular weight is 265 g/mol. The SMILES string of the molecule is C=CCCCC1CCCC2CCC(CCC(C)O)N12. The maximum atomic E-state index is 9.52. The van der Waals surface area contributed by atoms with Crippen LogP contribution in [0.3, 0.4) is 0 Å². The predicted molar refractivity (Wildman–Crippen MR) is 81.3 cm³/mol. The number of rotatable bonds is 7. The minimum atomic E-state index is -0.136. The maximum Gasteiger partial charge on any atom is 0.0512 e. The Balaban J connectivity index is 1.89. The standard InChI is InChI=1S/C17H31NO/c1-3-4-5-7-15-8-6-9-16-12-13-17(18(15)16)11-10-14(2)19/h3,14-17,19H,1,4-13H2,2H3. The van der Waals surface area contributed by atoms with Crippen molar-refractivity contribution in [1.29, 1.82) is 0 Å². The van der Waals surface area contributed by atoms with Gasteiger partial charge in [0.15, 0.2) is 0 Å². The Bertz CT molecular complexity index is 276. The quantitative estimate of drug-likeness (QED) is 0.557. The zero-order valence-electron chi connectivity index (χ0n) is 12.6.